The van der Waals surface area contributed by atoms with Crippen LogP contribution >= 0.6 is 15.9 Å². The molecule has 0 atom stereocenters. The summed E-state index contributed by atoms with van der Waals surface area (Å²) in [6.07, 6.45) is 2.99. The number of benzene rings is 2. The minimum atomic E-state index is -0.490. The van der Waals surface area contributed by atoms with E-state index in [0.29, 0.717) is 5.56 Å². The highest BCUT2D eigenvalue weighted by atomic mass is 79.9. The SMILES string of the molecule is COc1ccc(COC(=O)/C=C/c2cccc(Br)c2)cc1F. The van der Waals surface area contributed by atoms with Crippen LogP contribution in [0.5, 0.6) is 5.75 Å². The molecule has 0 heterocycles. The van der Waals surface area contributed by atoms with Gasteiger partial charge in [-0.2, -0.15) is 0 Å². The lowest BCUT2D eigenvalue weighted by Gasteiger charge is -2.05. The van der Waals surface area contributed by atoms with Crippen molar-refractivity contribution in [2.24, 2.45) is 0 Å². The quantitative estimate of drug-likeness (QED) is 0.584. The van der Waals surface area contributed by atoms with Crippen molar-refractivity contribution in [1.82, 2.24) is 0 Å². The largest absolute Gasteiger partial charge is 0.494 e. The Balaban J connectivity index is 1.91. The number of carbonyl (C=O) groups is 1. The highest BCUT2D eigenvalue weighted by Crippen LogP contribution is 2.18. The molecule has 0 N–H and O–H groups in total. The van der Waals surface area contributed by atoms with Crippen molar-refractivity contribution in [2.75, 3.05) is 7.11 Å². The topological polar surface area (TPSA) is 35.5 Å². The molecule has 5 heteroatoms. The molecule has 0 unspecified atom stereocenters. The predicted octanol–water partition coefficient (Wildman–Crippen LogP) is 4.35. The molecule has 0 amide bonds. The van der Waals surface area contributed by atoms with Crippen molar-refractivity contribution >= 4 is 28.0 Å². The molecule has 0 bridgehead atoms. The fourth-order valence-corrected chi connectivity index (χ4v) is 2.19. The average Bonchev–Trinajstić information content (AvgIpc) is 2.51. The Bertz CT molecular complexity index is 698. The van der Waals surface area contributed by atoms with Crippen LogP contribution in [0.2, 0.25) is 0 Å². The molecule has 0 saturated carbocycles. The Kier molecular flexibility index (Phi) is 5.72. The Hall–Kier alpha value is -2.14. The van der Waals surface area contributed by atoms with E-state index in [0.717, 1.165) is 10.0 Å². The minimum absolute atomic E-state index is 0.00255. The van der Waals surface area contributed by atoms with E-state index in [1.165, 1.54) is 25.3 Å². The van der Waals surface area contributed by atoms with Gasteiger partial charge in [-0.1, -0.05) is 34.1 Å². The molecule has 0 aliphatic carbocycles. The van der Waals surface area contributed by atoms with Gasteiger partial charge in [0.15, 0.2) is 11.6 Å². The summed E-state index contributed by atoms with van der Waals surface area (Å²) in [5.41, 5.74) is 1.43. The zero-order valence-electron chi connectivity index (χ0n) is 11.9. The van der Waals surface area contributed by atoms with Crippen molar-refractivity contribution in [3.63, 3.8) is 0 Å². The molecule has 2 aromatic rings. The molecule has 2 aromatic carbocycles. The summed E-state index contributed by atoms with van der Waals surface area (Å²) in [5.74, 6) is -0.818. The van der Waals surface area contributed by atoms with Crippen LogP contribution in [0.25, 0.3) is 6.08 Å². The molecule has 3 nitrogen and oxygen atoms in total. The first kappa shape index (κ1) is 16.2. The van der Waals surface area contributed by atoms with Gasteiger partial charge in [-0.3, -0.25) is 0 Å². The third-order valence-corrected chi connectivity index (χ3v) is 3.35. The smallest absolute Gasteiger partial charge is 0.331 e. The molecule has 0 aliphatic rings. The van der Waals surface area contributed by atoms with Crippen molar-refractivity contribution in [3.05, 3.63) is 70.0 Å². The molecule has 0 saturated heterocycles. The maximum Gasteiger partial charge on any atom is 0.331 e. The van der Waals surface area contributed by atoms with Gasteiger partial charge in [-0.15, -0.1) is 0 Å². The number of halogens is 2. The number of methoxy groups -OCH3 is 1. The van der Waals surface area contributed by atoms with E-state index in [4.69, 9.17) is 9.47 Å². The van der Waals surface area contributed by atoms with Gasteiger partial charge in [0, 0.05) is 10.5 Å². The summed E-state index contributed by atoms with van der Waals surface area (Å²) in [6.45, 7) is 0.00255. The first-order valence-corrected chi connectivity index (χ1v) is 7.30. The fraction of sp³-hybridized carbons (Fsp3) is 0.118. The summed E-state index contributed by atoms with van der Waals surface area (Å²) < 4.78 is 24.3. The second-order valence-electron chi connectivity index (χ2n) is 4.46. The van der Waals surface area contributed by atoms with E-state index in [-0.39, 0.29) is 12.4 Å². The van der Waals surface area contributed by atoms with Crippen LogP contribution in [0.3, 0.4) is 0 Å². The maximum atomic E-state index is 13.5. The monoisotopic (exact) mass is 364 g/mol. The molecular formula is C17H14BrFO3. The molecule has 114 valence electrons. The second-order valence-corrected chi connectivity index (χ2v) is 5.38. The van der Waals surface area contributed by atoms with Crippen molar-refractivity contribution < 1.29 is 18.7 Å². The van der Waals surface area contributed by atoms with Crippen LogP contribution in [0, 0.1) is 5.82 Å². The van der Waals surface area contributed by atoms with E-state index >= 15 is 0 Å². The van der Waals surface area contributed by atoms with Crippen molar-refractivity contribution in [3.8, 4) is 5.75 Å². The van der Waals surface area contributed by atoms with Crippen LogP contribution in [0.15, 0.2) is 53.0 Å². The summed E-state index contributed by atoms with van der Waals surface area (Å²) in [4.78, 5) is 11.6. The third-order valence-electron chi connectivity index (χ3n) is 2.86. The number of ether oxygens (including phenoxy) is 2. The normalized spacial score (nSPS) is 10.7. The lowest BCUT2D eigenvalue weighted by atomic mass is 10.2. The van der Waals surface area contributed by atoms with Gasteiger partial charge >= 0.3 is 5.97 Å². The van der Waals surface area contributed by atoms with Crippen LogP contribution in [-0.4, -0.2) is 13.1 Å². The highest BCUT2D eigenvalue weighted by Gasteiger charge is 2.05. The van der Waals surface area contributed by atoms with Gasteiger partial charge in [0.05, 0.1) is 7.11 Å². The molecule has 0 spiro atoms. The first-order valence-electron chi connectivity index (χ1n) is 6.51. The van der Waals surface area contributed by atoms with Crippen LogP contribution < -0.4 is 4.74 Å². The average molecular weight is 365 g/mol. The zero-order chi connectivity index (χ0) is 15.9. The van der Waals surface area contributed by atoms with E-state index < -0.39 is 11.8 Å². The second kappa shape index (κ2) is 7.75. The standard InChI is InChI=1S/C17H14BrFO3/c1-21-16-7-5-13(10-15(16)19)11-22-17(20)8-6-12-3-2-4-14(18)9-12/h2-10H,11H2,1H3/b8-6+. The predicted molar refractivity (Wildman–Crippen MR) is 85.9 cm³/mol. The minimum Gasteiger partial charge on any atom is -0.494 e. The third kappa shape index (κ3) is 4.70. The molecule has 0 radical (unpaired) electrons. The molecule has 0 aromatic heterocycles. The summed E-state index contributed by atoms with van der Waals surface area (Å²) >= 11 is 3.35. The van der Waals surface area contributed by atoms with Crippen LogP contribution in [0.1, 0.15) is 11.1 Å². The number of hydrogen-bond acceptors (Lipinski definition) is 3. The summed E-state index contributed by atoms with van der Waals surface area (Å²) in [5, 5.41) is 0. The van der Waals surface area contributed by atoms with Gasteiger partial charge in [-0.25, -0.2) is 9.18 Å². The molecule has 22 heavy (non-hydrogen) atoms. The molecular weight excluding hydrogens is 351 g/mol. The first-order chi connectivity index (χ1) is 10.6. The highest BCUT2D eigenvalue weighted by molar-refractivity contribution is 9.10. The summed E-state index contributed by atoms with van der Waals surface area (Å²) in [6, 6.07) is 11.9. The Labute approximate surface area is 136 Å². The van der Waals surface area contributed by atoms with E-state index in [1.807, 2.05) is 24.3 Å². The Morgan fingerprint density at radius 1 is 1.27 bits per heavy atom. The van der Waals surface area contributed by atoms with Gasteiger partial charge in [0.2, 0.25) is 0 Å². The molecule has 0 aliphatic heterocycles. The van der Waals surface area contributed by atoms with Crippen molar-refractivity contribution in [1.29, 1.82) is 0 Å². The zero-order valence-corrected chi connectivity index (χ0v) is 13.5. The number of rotatable bonds is 5. The van der Waals surface area contributed by atoms with Gasteiger partial charge in [-0.05, 0) is 41.5 Å². The van der Waals surface area contributed by atoms with Gasteiger partial charge in [0.25, 0.3) is 0 Å². The Morgan fingerprint density at radius 3 is 2.77 bits per heavy atom. The van der Waals surface area contributed by atoms with E-state index in [9.17, 15) is 9.18 Å². The van der Waals surface area contributed by atoms with Crippen molar-refractivity contribution in [2.45, 2.75) is 6.61 Å². The lowest BCUT2D eigenvalue weighted by Crippen LogP contribution is -2.01. The lowest BCUT2D eigenvalue weighted by molar-refractivity contribution is -0.138. The number of carbonyl (C=O) groups excluding carboxylic acids is 1. The summed E-state index contributed by atoms with van der Waals surface area (Å²) in [7, 11) is 1.39. The molecule has 0 fully saturated rings. The number of esters is 1. The van der Waals surface area contributed by atoms with Gasteiger partial charge < -0.3 is 9.47 Å². The van der Waals surface area contributed by atoms with Gasteiger partial charge in [0.1, 0.15) is 6.61 Å². The maximum absolute atomic E-state index is 13.5. The van der Waals surface area contributed by atoms with E-state index in [1.54, 1.807) is 12.1 Å². The fourth-order valence-electron chi connectivity index (χ4n) is 1.78. The van der Waals surface area contributed by atoms with Crippen LogP contribution in [-0.2, 0) is 16.1 Å². The number of hydrogen-bond donors (Lipinski definition) is 0. The molecule has 2 rings (SSSR count). The van der Waals surface area contributed by atoms with E-state index in [2.05, 4.69) is 15.9 Å². The Morgan fingerprint density at radius 2 is 2.09 bits per heavy atom. The van der Waals surface area contributed by atoms with Crippen LogP contribution in [0.4, 0.5) is 4.39 Å².